The van der Waals surface area contributed by atoms with Gasteiger partial charge in [-0.25, -0.2) is 14.1 Å². The lowest BCUT2D eigenvalue weighted by Gasteiger charge is -2.07. The van der Waals surface area contributed by atoms with Gasteiger partial charge in [-0.2, -0.15) is 5.10 Å². The van der Waals surface area contributed by atoms with E-state index in [-0.39, 0.29) is 18.3 Å². The molecule has 4 aromatic rings. The lowest BCUT2D eigenvalue weighted by Crippen LogP contribution is -2.22. The summed E-state index contributed by atoms with van der Waals surface area (Å²) in [4.78, 5) is 16.6. The molecule has 6 nitrogen and oxygen atoms in total. The van der Waals surface area contributed by atoms with Crippen LogP contribution in [0.5, 0.6) is 11.6 Å². The van der Waals surface area contributed by atoms with E-state index in [1.54, 1.807) is 47.4 Å². The fourth-order valence-electron chi connectivity index (χ4n) is 2.72. The maximum Gasteiger partial charge on any atom is 0.254 e. The van der Waals surface area contributed by atoms with Crippen molar-refractivity contribution in [2.24, 2.45) is 0 Å². The molecule has 30 heavy (non-hydrogen) atoms. The van der Waals surface area contributed by atoms with Crippen LogP contribution >= 0.6 is 11.6 Å². The molecule has 1 amide bonds. The van der Waals surface area contributed by atoms with Crippen molar-refractivity contribution >= 4 is 17.5 Å². The number of carbonyl (C=O) groups excluding carboxylic acids is 1. The van der Waals surface area contributed by atoms with E-state index in [2.05, 4.69) is 15.4 Å². The molecule has 2 heterocycles. The number of rotatable bonds is 6. The number of carbonyl (C=O) groups is 1. The van der Waals surface area contributed by atoms with E-state index in [1.807, 2.05) is 18.2 Å². The highest BCUT2D eigenvalue weighted by Gasteiger charge is 2.11. The van der Waals surface area contributed by atoms with Crippen LogP contribution in [0, 0.1) is 5.82 Å². The van der Waals surface area contributed by atoms with E-state index in [1.165, 1.54) is 18.3 Å². The Labute approximate surface area is 176 Å². The highest BCUT2D eigenvalue weighted by atomic mass is 35.5. The summed E-state index contributed by atoms with van der Waals surface area (Å²) in [7, 11) is 0. The van der Waals surface area contributed by atoms with E-state index in [9.17, 15) is 9.18 Å². The predicted molar refractivity (Wildman–Crippen MR) is 110 cm³/mol. The number of amides is 1. The lowest BCUT2D eigenvalue weighted by molar-refractivity contribution is 0.0951. The minimum Gasteiger partial charge on any atom is -0.439 e. The molecular weight excluding hydrogens is 407 g/mol. The van der Waals surface area contributed by atoms with E-state index < -0.39 is 0 Å². The van der Waals surface area contributed by atoms with Gasteiger partial charge in [-0.1, -0.05) is 35.9 Å². The molecule has 0 bridgehead atoms. The fourth-order valence-corrected chi connectivity index (χ4v) is 2.94. The number of para-hydroxylation sites is 1. The monoisotopic (exact) mass is 422 g/mol. The van der Waals surface area contributed by atoms with Gasteiger partial charge in [0.15, 0.2) is 0 Å². The van der Waals surface area contributed by atoms with Gasteiger partial charge >= 0.3 is 0 Å². The first-order valence-corrected chi connectivity index (χ1v) is 9.42. The van der Waals surface area contributed by atoms with Crippen LogP contribution in [0.15, 0.2) is 79.3 Å². The van der Waals surface area contributed by atoms with E-state index in [0.717, 1.165) is 5.56 Å². The van der Waals surface area contributed by atoms with Gasteiger partial charge in [0.1, 0.15) is 11.6 Å². The Morgan fingerprint density at radius 2 is 1.97 bits per heavy atom. The first kappa shape index (κ1) is 19.6. The van der Waals surface area contributed by atoms with Gasteiger partial charge in [0.2, 0.25) is 5.88 Å². The molecule has 8 heteroatoms. The summed E-state index contributed by atoms with van der Waals surface area (Å²) in [5.41, 5.74) is 1.89. The standard InChI is InChI=1S/C22H16ClFN4O2/c23-19-6-1-2-7-20(19)28-14-16(13-27-28)22(29)26-12-15-8-9-21(25-11-15)30-18-5-3-4-17(24)10-18/h1-11,13-14H,12H2,(H,26,29). The number of ether oxygens (including phenoxy) is 1. The molecule has 1 N–H and O–H groups in total. The third kappa shape index (κ3) is 4.64. The molecule has 0 spiro atoms. The second-order valence-corrected chi connectivity index (χ2v) is 6.78. The molecule has 0 aliphatic rings. The molecule has 150 valence electrons. The molecule has 0 radical (unpaired) electrons. The van der Waals surface area contributed by atoms with Crippen LogP contribution in [0.2, 0.25) is 5.02 Å². The number of hydrogen-bond donors (Lipinski definition) is 1. The summed E-state index contributed by atoms with van der Waals surface area (Å²) in [5, 5.41) is 7.55. The zero-order valence-corrected chi connectivity index (χ0v) is 16.4. The van der Waals surface area contributed by atoms with Gasteiger partial charge in [-0.3, -0.25) is 4.79 Å². The van der Waals surface area contributed by atoms with Crippen molar-refractivity contribution in [1.29, 1.82) is 0 Å². The Morgan fingerprint density at radius 1 is 1.10 bits per heavy atom. The van der Waals surface area contributed by atoms with Crippen LogP contribution in [0.3, 0.4) is 0 Å². The van der Waals surface area contributed by atoms with Crippen molar-refractivity contribution in [1.82, 2.24) is 20.1 Å². The number of hydrogen-bond acceptors (Lipinski definition) is 4. The molecule has 0 saturated carbocycles. The van der Waals surface area contributed by atoms with Crippen molar-refractivity contribution in [3.8, 4) is 17.3 Å². The predicted octanol–water partition coefficient (Wildman–Crippen LogP) is 4.78. The number of nitrogens with zero attached hydrogens (tertiary/aromatic N) is 3. The molecule has 0 atom stereocenters. The van der Waals surface area contributed by atoms with Crippen molar-refractivity contribution in [2.75, 3.05) is 0 Å². The van der Waals surface area contributed by atoms with Gasteiger partial charge in [0.05, 0.1) is 22.5 Å². The molecule has 4 rings (SSSR count). The molecule has 2 aromatic heterocycles. The second kappa shape index (κ2) is 8.75. The first-order chi connectivity index (χ1) is 14.6. The molecule has 0 aliphatic carbocycles. The Balaban J connectivity index is 1.36. The summed E-state index contributed by atoms with van der Waals surface area (Å²) in [6.45, 7) is 0.281. The van der Waals surface area contributed by atoms with E-state index in [0.29, 0.717) is 27.9 Å². The topological polar surface area (TPSA) is 69.0 Å². The maximum atomic E-state index is 13.2. The molecular formula is C22H16ClFN4O2. The van der Waals surface area contributed by atoms with Gasteiger partial charge < -0.3 is 10.1 Å². The van der Waals surface area contributed by atoms with E-state index >= 15 is 0 Å². The summed E-state index contributed by atoms with van der Waals surface area (Å²) in [6, 6.07) is 16.5. The number of nitrogens with one attached hydrogen (secondary N) is 1. The fraction of sp³-hybridized carbons (Fsp3) is 0.0455. The summed E-state index contributed by atoms with van der Waals surface area (Å²) in [6.07, 6.45) is 4.68. The van der Waals surface area contributed by atoms with Crippen molar-refractivity contribution in [3.05, 3.63) is 101 Å². The van der Waals surface area contributed by atoms with Gasteiger partial charge in [0.25, 0.3) is 5.91 Å². The van der Waals surface area contributed by atoms with E-state index in [4.69, 9.17) is 16.3 Å². The highest BCUT2D eigenvalue weighted by molar-refractivity contribution is 6.32. The lowest BCUT2D eigenvalue weighted by atomic mass is 10.2. The molecule has 0 saturated heterocycles. The van der Waals surface area contributed by atoms with Crippen molar-refractivity contribution < 1.29 is 13.9 Å². The largest absolute Gasteiger partial charge is 0.439 e. The average molecular weight is 423 g/mol. The van der Waals surface area contributed by atoms with Crippen molar-refractivity contribution in [2.45, 2.75) is 6.54 Å². The normalized spacial score (nSPS) is 10.6. The van der Waals surface area contributed by atoms with Gasteiger partial charge in [-0.15, -0.1) is 0 Å². The number of aromatic nitrogens is 3. The van der Waals surface area contributed by atoms with Crippen LogP contribution in [-0.4, -0.2) is 20.7 Å². The SMILES string of the molecule is O=C(NCc1ccc(Oc2cccc(F)c2)nc1)c1cnn(-c2ccccc2Cl)c1. The van der Waals surface area contributed by atoms with Gasteiger partial charge in [-0.05, 0) is 29.8 Å². The zero-order chi connectivity index (χ0) is 20.9. The maximum absolute atomic E-state index is 13.2. The minimum atomic E-state index is -0.385. The van der Waals surface area contributed by atoms with Crippen LogP contribution in [0.1, 0.15) is 15.9 Å². The summed E-state index contributed by atoms with van der Waals surface area (Å²) >= 11 is 6.16. The second-order valence-electron chi connectivity index (χ2n) is 6.37. The third-order valence-electron chi connectivity index (χ3n) is 4.21. The number of benzene rings is 2. The van der Waals surface area contributed by atoms with Crippen LogP contribution in [-0.2, 0) is 6.54 Å². The number of halogens is 2. The smallest absolute Gasteiger partial charge is 0.254 e. The Morgan fingerprint density at radius 3 is 2.73 bits per heavy atom. The molecule has 0 aliphatic heterocycles. The Bertz CT molecular complexity index is 1180. The third-order valence-corrected chi connectivity index (χ3v) is 4.53. The molecule has 2 aromatic carbocycles. The minimum absolute atomic E-state index is 0.270. The van der Waals surface area contributed by atoms with Crippen LogP contribution < -0.4 is 10.1 Å². The first-order valence-electron chi connectivity index (χ1n) is 9.04. The quantitative estimate of drug-likeness (QED) is 0.485. The summed E-state index contributed by atoms with van der Waals surface area (Å²) < 4.78 is 20.3. The van der Waals surface area contributed by atoms with Crippen molar-refractivity contribution in [3.63, 3.8) is 0 Å². The molecule has 0 fully saturated rings. The van der Waals surface area contributed by atoms with Crippen LogP contribution in [0.4, 0.5) is 4.39 Å². The number of pyridine rings is 1. The Hall–Kier alpha value is -3.71. The van der Waals surface area contributed by atoms with Gasteiger partial charge in [0, 0.05) is 31.1 Å². The average Bonchev–Trinajstić information content (AvgIpc) is 3.23. The summed E-state index contributed by atoms with van der Waals surface area (Å²) in [5.74, 6) is 0.0360. The zero-order valence-electron chi connectivity index (χ0n) is 15.6. The highest BCUT2D eigenvalue weighted by Crippen LogP contribution is 2.21. The molecule has 0 unspecified atom stereocenters. The van der Waals surface area contributed by atoms with Crippen LogP contribution in [0.25, 0.3) is 5.69 Å². The Kier molecular flexibility index (Phi) is 5.72.